The Morgan fingerprint density at radius 2 is 1.71 bits per heavy atom. The first-order valence-corrected chi connectivity index (χ1v) is 10.0. The molecule has 2 heterocycles. The fraction of sp³-hybridized carbons (Fsp3) is 0.500. The number of hydrogen-bond donors (Lipinski definition) is 0. The van der Waals surface area contributed by atoms with Crippen molar-refractivity contribution < 1.29 is 26.0 Å². The fourth-order valence-electron chi connectivity index (χ4n) is 3.19. The summed E-state index contributed by atoms with van der Waals surface area (Å²) in [6.07, 6.45) is -4.42. The van der Waals surface area contributed by atoms with Crippen LogP contribution in [0.1, 0.15) is 30.3 Å². The summed E-state index contributed by atoms with van der Waals surface area (Å²) in [6, 6.07) is 4.48. The van der Waals surface area contributed by atoms with Crippen molar-refractivity contribution in [3.8, 4) is 0 Å². The molecule has 1 aliphatic rings. The van der Waals surface area contributed by atoms with Gasteiger partial charge >= 0.3 is 11.9 Å². The Balaban J connectivity index is 1.71. The van der Waals surface area contributed by atoms with E-state index in [2.05, 4.69) is 5.10 Å². The molecule has 7 nitrogen and oxygen atoms in total. The van der Waals surface area contributed by atoms with Crippen molar-refractivity contribution in [2.75, 3.05) is 13.1 Å². The van der Waals surface area contributed by atoms with Gasteiger partial charge in [-0.25, -0.2) is 26.6 Å². The van der Waals surface area contributed by atoms with Gasteiger partial charge < -0.3 is 0 Å². The zero-order valence-electron chi connectivity index (χ0n) is 14.9. The van der Waals surface area contributed by atoms with E-state index in [1.54, 1.807) is 0 Å². The molecule has 28 heavy (non-hydrogen) atoms. The van der Waals surface area contributed by atoms with Crippen LogP contribution in [-0.2, 0) is 29.0 Å². The highest BCUT2D eigenvalue weighted by atomic mass is 32.2. The quantitative estimate of drug-likeness (QED) is 0.706. The van der Waals surface area contributed by atoms with Crippen molar-refractivity contribution >= 4 is 10.0 Å². The number of benzene rings is 1. The van der Waals surface area contributed by atoms with E-state index in [1.807, 2.05) is 0 Å². The van der Waals surface area contributed by atoms with E-state index in [0.29, 0.717) is 10.1 Å². The zero-order chi connectivity index (χ0) is 20.7. The fourth-order valence-corrected chi connectivity index (χ4v) is 4.75. The second kappa shape index (κ2) is 7.32. The second-order valence-corrected chi connectivity index (χ2v) is 8.59. The number of nitrogens with zero attached hydrogens (tertiary/aromatic N) is 4. The Kier molecular flexibility index (Phi) is 5.36. The lowest BCUT2D eigenvalue weighted by Crippen LogP contribution is -2.41. The monoisotopic (exact) mass is 422 g/mol. The number of sulfonamides is 1. The minimum absolute atomic E-state index is 0.0541. The van der Waals surface area contributed by atoms with Gasteiger partial charge in [0.1, 0.15) is 5.82 Å². The minimum Gasteiger partial charge on any atom is -0.274 e. The van der Waals surface area contributed by atoms with Crippen molar-refractivity contribution in [2.24, 2.45) is 7.05 Å². The molecule has 1 saturated heterocycles. The van der Waals surface area contributed by atoms with Gasteiger partial charge in [0.2, 0.25) is 15.8 Å². The molecule has 0 unspecified atom stereocenters. The van der Waals surface area contributed by atoms with E-state index in [-0.39, 0.29) is 31.7 Å². The Hall–Kier alpha value is -2.21. The summed E-state index contributed by atoms with van der Waals surface area (Å²) in [5.74, 6) is -2.07. The second-order valence-electron chi connectivity index (χ2n) is 6.62. The smallest absolute Gasteiger partial charge is 0.274 e. The van der Waals surface area contributed by atoms with E-state index in [9.17, 15) is 30.8 Å². The number of rotatable bonds is 4. The molecule has 0 amide bonds. The van der Waals surface area contributed by atoms with Crippen LogP contribution in [0.3, 0.4) is 0 Å². The van der Waals surface area contributed by atoms with E-state index in [4.69, 9.17) is 0 Å². The standard InChI is InChI=1S/C16H18F4N4O3S/c1-22-14(16(18,19)20)21-24(15(22)25)13-6-8-23(9-7-13)28(26,27)10-11-2-4-12(17)5-3-11/h2-5,13H,6-10H2,1H3. The van der Waals surface area contributed by atoms with E-state index < -0.39 is 39.6 Å². The topological polar surface area (TPSA) is 77.2 Å². The molecular formula is C16H18F4N4O3S. The summed E-state index contributed by atoms with van der Waals surface area (Å²) in [4.78, 5) is 12.1. The molecule has 0 atom stereocenters. The third-order valence-electron chi connectivity index (χ3n) is 4.68. The lowest BCUT2D eigenvalue weighted by Gasteiger charge is -2.30. The average Bonchev–Trinajstić information content (AvgIpc) is 2.92. The first kappa shape index (κ1) is 20.5. The molecule has 0 N–H and O–H groups in total. The van der Waals surface area contributed by atoms with Crippen LogP contribution in [0.4, 0.5) is 17.6 Å². The molecule has 1 fully saturated rings. The number of halogens is 4. The van der Waals surface area contributed by atoms with Crippen LogP contribution >= 0.6 is 0 Å². The van der Waals surface area contributed by atoms with Crippen LogP contribution in [-0.4, -0.2) is 40.2 Å². The third-order valence-corrected chi connectivity index (χ3v) is 6.53. The van der Waals surface area contributed by atoms with Gasteiger partial charge in [0, 0.05) is 20.1 Å². The molecular weight excluding hydrogens is 404 g/mol. The summed E-state index contributed by atoms with van der Waals surface area (Å²) < 4.78 is 79.2. The molecule has 12 heteroatoms. The molecule has 1 aromatic heterocycles. The SMILES string of the molecule is Cn1c(C(F)(F)F)nn(C2CCN(S(=O)(=O)Cc3ccc(F)cc3)CC2)c1=O. The highest BCUT2D eigenvalue weighted by Gasteiger charge is 2.39. The first-order valence-electron chi connectivity index (χ1n) is 8.44. The maximum atomic E-state index is 12.9. The molecule has 3 rings (SSSR count). The minimum atomic E-state index is -4.75. The Morgan fingerprint density at radius 1 is 1.14 bits per heavy atom. The van der Waals surface area contributed by atoms with E-state index in [1.165, 1.54) is 28.6 Å². The van der Waals surface area contributed by atoms with Gasteiger partial charge in [-0.3, -0.25) is 4.57 Å². The van der Waals surface area contributed by atoms with Crippen molar-refractivity contribution in [3.63, 3.8) is 0 Å². The molecule has 1 aromatic carbocycles. The number of piperidine rings is 1. The molecule has 0 spiro atoms. The Morgan fingerprint density at radius 3 is 2.21 bits per heavy atom. The normalized spacial score (nSPS) is 17.2. The lowest BCUT2D eigenvalue weighted by molar-refractivity contribution is -0.147. The van der Waals surface area contributed by atoms with Gasteiger partial charge in [-0.2, -0.15) is 13.2 Å². The van der Waals surface area contributed by atoms with Crippen molar-refractivity contribution in [2.45, 2.75) is 30.8 Å². The molecule has 1 aliphatic heterocycles. The van der Waals surface area contributed by atoms with Crippen molar-refractivity contribution in [1.82, 2.24) is 18.7 Å². The van der Waals surface area contributed by atoms with Gasteiger partial charge in [0.25, 0.3) is 0 Å². The Labute approximate surface area is 158 Å². The summed E-state index contributed by atoms with van der Waals surface area (Å²) in [7, 11) is -2.68. The largest absolute Gasteiger partial charge is 0.451 e. The van der Waals surface area contributed by atoms with Gasteiger partial charge in [-0.05, 0) is 30.5 Å². The van der Waals surface area contributed by atoms with Crippen molar-refractivity contribution in [3.05, 3.63) is 52.0 Å². The van der Waals surface area contributed by atoms with Gasteiger partial charge in [-0.1, -0.05) is 12.1 Å². The van der Waals surface area contributed by atoms with Gasteiger partial charge in [-0.15, -0.1) is 5.10 Å². The van der Waals surface area contributed by atoms with Crippen LogP contribution in [0.25, 0.3) is 0 Å². The van der Waals surface area contributed by atoms with Crippen LogP contribution in [0, 0.1) is 5.82 Å². The number of alkyl halides is 3. The van der Waals surface area contributed by atoms with Crippen LogP contribution in [0.15, 0.2) is 29.1 Å². The Bertz CT molecular complexity index is 1000. The van der Waals surface area contributed by atoms with Crippen LogP contribution < -0.4 is 5.69 Å². The average molecular weight is 422 g/mol. The maximum absolute atomic E-state index is 12.9. The first-order chi connectivity index (χ1) is 13.0. The summed E-state index contributed by atoms with van der Waals surface area (Å²) in [5.41, 5.74) is -0.459. The highest BCUT2D eigenvalue weighted by Crippen LogP contribution is 2.28. The lowest BCUT2D eigenvalue weighted by atomic mass is 10.1. The van der Waals surface area contributed by atoms with Gasteiger partial charge in [0.15, 0.2) is 0 Å². The molecule has 0 radical (unpaired) electrons. The molecule has 0 aliphatic carbocycles. The number of aromatic nitrogens is 3. The van der Waals surface area contributed by atoms with Crippen LogP contribution in [0.2, 0.25) is 0 Å². The summed E-state index contributed by atoms with van der Waals surface area (Å²) in [6.45, 7) is 0.108. The predicted molar refractivity (Wildman–Crippen MR) is 91.3 cm³/mol. The summed E-state index contributed by atoms with van der Waals surface area (Å²) >= 11 is 0. The molecule has 154 valence electrons. The number of hydrogen-bond acceptors (Lipinski definition) is 4. The highest BCUT2D eigenvalue weighted by molar-refractivity contribution is 7.88. The molecule has 0 saturated carbocycles. The summed E-state index contributed by atoms with van der Waals surface area (Å²) in [5, 5.41) is 3.41. The predicted octanol–water partition coefficient (Wildman–Crippen LogP) is 1.91. The molecule has 0 bridgehead atoms. The zero-order valence-corrected chi connectivity index (χ0v) is 15.7. The van der Waals surface area contributed by atoms with Crippen LogP contribution in [0.5, 0.6) is 0 Å². The molecule has 2 aromatic rings. The van der Waals surface area contributed by atoms with Gasteiger partial charge in [0.05, 0.1) is 11.8 Å². The van der Waals surface area contributed by atoms with E-state index in [0.717, 1.165) is 11.7 Å². The van der Waals surface area contributed by atoms with Crippen molar-refractivity contribution in [1.29, 1.82) is 0 Å². The maximum Gasteiger partial charge on any atom is 0.451 e. The third kappa shape index (κ3) is 4.12. The van der Waals surface area contributed by atoms with E-state index >= 15 is 0 Å².